The van der Waals surface area contributed by atoms with E-state index in [1.807, 2.05) is 12.1 Å². The molecule has 0 saturated carbocycles. The van der Waals surface area contributed by atoms with Gasteiger partial charge in [0, 0.05) is 18.1 Å². The van der Waals surface area contributed by atoms with Crippen LogP contribution >= 0.6 is 11.8 Å². The maximum absolute atomic E-state index is 14.1. The van der Waals surface area contributed by atoms with Crippen LogP contribution in [0.25, 0.3) is 0 Å². The minimum Gasteiger partial charge on any atom is -0.353 e. The lowest BCUT2D eigenvalue weighted by Crippen LogP contribution is -2.48. The first-order valence-corrected chi connectivity index (χ1v) is 11.9. The molecule has 28 heavy (non-hydrogen) atoms. The summed E-state index contributed by atoms with van der Waals surface area (Å²) in [6.45, 7) is 3.90. The lowest BCUT2D eigenvalue weighted by Gasteiger charge is -2.28. The van der Waals surface area contributed by atoms with E-state index in [4.69, 9.17) is 0 Å². The van der Waals surface area contributed by atoms with E-state index in [1.165, 1.54) is 42.3 Å². The number of carbonyl (C=O) groups is 1. The van der Waals surface area contributed by atoms with Gasteiger partial charge in [-0.1, -0.05) is 36.4 Å². The van der Waals surface area contributed by atoms with E-state index in [0.717, 1.165) is 16.3 Å². The number of carbonyl (C=O) groups excluding carboxylic acids is 1. The van der Waals surface area contributed by atoms with Gasteiger partial charge in [0.2, 0.25) is 15.9 Å². The van der Waals surface area contributed by atoms with Crippen LogP contribution in [-0.2, 0) is 20.6 Å². The topological polar surface area (TPSA) is 66.5 Å². The molecule has 0 heterocycles. The number of benzene rings is 2. The Morgan fingerprint density at radius 2 is 1.82 bits per heavy atom. The van der Waals surface area contributed by atoms with Gasteiger partial charge < -0.3 is 5.32 Å². The van der Waals surface area contributed by atoms with Gasteiger partial charge in [-0.15, -0.1) is 0 Å². The van der Waals surface area contributed by atoms with Gasteiger partial charge in [0.25, 0.3) is 0 Å². The Kier molecular flexibility index (Phi) is 7.88. The van der Waals surface area contributed by atoms with Crippen LogP contribution in [0.15, 0.2) is 48.5 Å². The molecule has 0 aliphatic heterocycles. The van der Waals surface area contributed by atoms with E-state index < -0.39 is 27.8 Å². The van der Waals surface area contributed by atoms with Crippen LogP contribution in [0.3, 0.4) is 0 Å². The first kappa shape index (κ1) is 22.2. The van der Waals surface area contributed by atoms with Gasteiger partial charge >= 0.3 is 0 Å². The predicted molar refractivity (Wildman–Crippen MR) is 114 cm³/mol. The van der Waals surface area contributed by atoms with Crippen LogP contribution in [0.5, 0.6) is 0 Å². The van der Waals surface area contributed by atoms with Crippen molar-refractivity contribution >= 4 is 33.4 Å². The van der Waals surface area contributed by atoms with Gasteiger partial charge in [0.1, 0.15) is 11.9 Å². The summed E-state index contributed by atoms with van der Waals surface area (Å²) in [7, 11) is -3.83. The van der Waals surface area contributed by atoms with Gasteiger partial charge in [0.05, 0.1) is 11.9 Å². The van der Waals surface area contributed by atoms with E-state index in [0.29, 0.717) is 12.3 Å². The third kappa shape index (κ3) is 5.97. The number of hydrogen-bond acceptors (Lipinski definition) is 4. The summed E-state index contributed by atoms with van der Waals surface area (Å²) in [5.74, 6) is 0.361. The second-order valence-electron chi connectivity index (χ2n) is 6.46. The molecule has 0 unspecified atom stereocenters. The fraction of sp³-hybridized carbons (Fsp3) is 0.350. The van der Waals surface area contributed by atoms with Crippen LogP contribution in [0.4, 0.5) is 10.1 Å². The van der Waals surface area contributed by atoms with Crippen molar-refractivity contribution in [2.24, 2.45) is 0 Å². The summed E-state index contributed by atoms with van der Waals surface area (Å²) in [5.41, 5.74) is 2.33. The van der Waals surface area contributed by atoms with E-state index in [9.17, 15) is 17.6 Å². The maximum Gasteiger partial charge on any atom is 0.243 e. The monoisotopic (exact) mass is 424 g/mol. The van der Waals surface area contributed by atoms with Crippen molar-refractivity contribution in [3.8, 4) is 0 Å². The molecule has 2 aromatic rings. The molecule has 2 rings (SSSR count). The highest BCUT2D eigenvalue weighted by Gasteiger charge is 2.30. The molecule has 1 atom stereocenters. The number of thioether (sulfide) groups is 1. The lowest BCUT2D eigenvalue weighted by molar-refractivity contribution is -0.121. The minimum absolute atomic E-state index is 0.137. The van der Waals surface area contributed by atoms with Crippen molar-refractivity contribution in [3.05, 3.63) is 65.5 Å². The summed E-state index contributed by atoms with van der Waals surface area (Å²) in [6, 6.07) is 12.6. The van der Waals surface area contributed by atoms with Crippen molar-refractivity contribution in [1.82, 2.24) is 5.32 Å². The van der Waals surface area contributed by atoms with Crippen LogP contribution < -0.4 is 9.62 Å². The Bertz CT molecular complexity index is 919. The Morgan fingerprint density at radius 1 is 1.18 bits per heavy atom. The SMILES string of the molecule is Cc1ccccc1CSCCNC(=O)[C@H](C)N(c1ccccc1F)S(C)(=O)=O. The zero-order chi connectivity index (χ0) is 20.7. The number of anilines is 1. The standard InChI is InChI=1S/C20H25FN2O3S2/c1-15-8-4-5-9-17(15)14-27-13-12-22-20(24)16(2)23(28(3,25)26)19-11-7-6-10-18(19)21/h4-11,16H,12-14H2,1-3H3,(H,22,24)/t16-/m0/s1. The number of rotatable bonds is 9. The van der Waals surface area contributed by atoms with Crippen LogP contribution in [-0.4, -0.2) is 38.9 Å². The number of halogens is 1. The Hall–Kier alpha value is -2.06. The number of nitrogens with zero attached hydrogens (tertiary/aromatic N) is 1. The van der Waals surface area contributed by atoms with Crippen LogP contribution in [0.2, 0.25) is 0 Å². The second-order valence-corrected chi connectivity index (χ2v) is 9.42. The summed E-state index contributed by atoms with van der Waals surface area (Å²) >= 11 is 1.68. The van der Waals surface area contributed by atoms with E-state index >= 15 is 0 Å². The number of sulfonamides is 1. The smallest absolute Gasteiger partial charge is 0.243 e. The molecule has 1 N–H and O–H groups in total. The highest BCUT2D eigenvalue weighted by Crippen LogP contribution is 2.24. The Balaban J connectivity index is 1.93. The molecule has 1 amide bonds. The van der Waals surface area contributed by atoms with Gasteiger partial charge in [-0.25, -0.2) is 12.8 Å². The highest BCUT2D eigenvalue weighted by molar-refractivity contribution is 7.98. The van der Waals surface area contributed by atoms with E-state index in [2.05, 4.69) is 24.4 Å². The van der Waals surface area contributed by atoms with Crippen molar-refractivity contribution < 1.29 is 17.6 Å². The largest absolute Gasteiger partial charge is 0.353 e. The van der Waals surface area contributed by atoms with Crippen molar-refractivity contribution in [1.29, 1.82) is 0 Å². The van der Waals surface area contributed by atoms with Gasteiger partial charge in [-0.05, 0) is 37.1 Å². The lowest BCUT2D eigenvalue weighted by atomic mass is 10.1. The van der Waals surface area contributed by atoms with Crippen LogP contribution in [0, 0.1) is 12.7 Å². The Labute approximate surface area is 170 Å². The summed E-state index contributed by atoms with van der Waals surface area (Å²) in [6.07, 6.45) is 0.960. The summed E-state index contributed by atoms with van der Waals surface area (Å²) in [5, 5.41) is 2.74. The molecule has 0 saturated heterocycles. The van der Waals surface area contributed by atoms with Gasteiger partial charge in [-0.2, -0.15) is 11.8 Å². The first-order valence-electron chi connectivity index (χ1n) is 8.85. The van der Waals surface area contributed by atoms with Gasteiger partial charge in [0.15, 0.2) is 0 Å². The molecule has 0 bridgehead atoms. The van der Waals surface area contributed by atoms with Crippen molar-refractivity contribution in [2.45, 2.75) is 25.6 Å². The van der Waals surface area contributed by atoms with E-state index in [-0.39, 0.29) is 5.69 Å². The molecule has 0 radical (unpaired) electrons. The average Bonchev–Trinajstić information content (AvgIpc) is 2.63. The fourth-order valence-electron chi connectivity index (χ4n) is 2.76. The molecular weight excluding hydrogens is 399 g/mol. The zero-order valence-electron chi connectivity index (χ0n) is 16.2. The van der Waals surface area contributed by atoms with Crippen LogP contribution in [0.1, 0.15) is 18.1 Å². The molecule has 5 nitrogen and oxygen atoms in total. The highest BCUT2D eigenvalue weighted by atomic mass is 32.2. The first-order chi connectivity index (χ1) is 13.2. The number of nitrogens with one attached hydrogen (secondary N) is 1. The number of hydrogen-bond donors (Lipinski definition) is 1. The zero-order valence-corrected chi connectivity index (χ0v) is 17.8. The fourth-order valence-corrected chi connectivity index (χ4v) is 4.87. The molecule has 0 aliphatic rings. The second kappa shape index (κ2) is 9.93. The third-order valence-electron chi connectivity index (χ3n) is 4.24. The molecule has 0 fully saturated rings. The van der Waals surface area contributed by atoms with E-state index in [1.54, 1.807) is 11.8 Å². The molecule has 152 valence electrons. The molecule has 0 spiro atoms. The van der Waals surface area contributed by atoms with Crippen molar-refractivity contribution in [3.63, 3.8) is 0 Å². The predicted octanol–water partition coefficient (Wildman–Crippen LogP) is 3.34. The molecule has 0 aromatic heterocycles. The minimum atomic E-state index is -3.83. The van der Waals surface area contributed by atoms with Crippen molar-refractivity contribution in [2.75, 3.05) is 22.9 Å². The summed E-state index contributed by atoms with van der Waals surface area (Å²) in [4.78, 5) is 12.5. The molecular formula is C20H25FN2O3S2. The average molecular weight is 425 g/mol. The number of aryl methyl sites for hydroxylation is 1. The number of amides is 1. The van der Waals surface area contributed by atoms with Gasteiger partial charge in [-0.3, -0.25) is 9.10 Å². The quantitative estimate of drug-likeness (QED) is 0.627. The Morgan fingerprint density at radius 3 is 2.46 bits per heavy atom. The summed E-state index contributed by atoms with van der Waals surface area (Å²) < 4.78 is 39.3. The number of para-hydroxylation sites is 1. The molecule has 2 aromatic carbocycles. The molecule has 8 heteroatoms. The third-order valence-corrected chi connectivity index (χ3v) is 6.48. The maximum atomic E-state index is 14.1. The normalized spacial score (nSPS) is 12.4. The molecule has 0 aliphatic carbocycles.